The Balaban J connectivity index is 2.60. The van der Waals surface area contributed by atoms with Gasteiger partial charge in [0.1, 0.15) is 20.1 Å². The minimum Gasteiger partial charge on any atom is -0.388 e. The van der Waals surface area contributed by atoms with Gasteiger partial charge in [0, 0.05) is 6.00 Å². The van der Waals surface area contributed by atoms with Crippen molar-refractivity contribution in [1.29, 1.82) is 0 Å². The lowest BCUT2D eigenvalue weighted by Gasteiger charge is -2.19. The summed E-state index contributed by atoms with van der Waals surface area (Å²) in [6.07, 6.45) is -6.16. The van der Waals surface area contributed by atoms with Crippen molar-refractivity contribution < 1.29 is 61.6 Å². The second-order valence-corrected chi connectivity index (χ2v) is 8.76. The number of aliphatic hydroxyl groups is 2. The van der Waals surface area contributed by atoms with Gasteiger partial charge in [-0.2, -0.15) is 4.31 Å². The summed E-state index contributed by atoms with van der Waals surface area (Å²) in [7, 11) is -10.9. The van der Waals surface area contributed by atoms with E-state index in [2.05, 4.69) is 18.1 Å². The first-order valence-corrected chi connectivity index (χ1v) is 10.0. The SMILES string of the molecule is [B][C@@H]1O[C@H](OCP(=O)(O)OP(=O)(O)OP(=O)(O)O)C(O)[C@@H]1O. The van der Waals surface area contributed by atoms with E-state index in [4.69, 9.17) is 22.5 Å². The van der Waals surface area contributed by atoms with Crippen molar-refractivity contribution in [2.24, 2.45) is 0 Å². The number of hydrogen-bond donors (Lipinski definition) is 6. The lowest BCUT2D eigenvalue weighted by molar-refractivity contribution is -0.147. The van der Waals surface area contributed by atoms with Gasteiger partial charge < -0.3 is 39.3 Å². The zero-order chi connectivity index (χ0) is 17.3. The molecule has 6 N–H and O–H groups in total. The van der Waals surface area contributed by atoms with Crippen molar-refractivity contribution in [3.63, 3.8) is 0 Å². The summed E-state index contributed by atoms with van der Waals surface area (Å²) in [6.45, 7) is 0. The van der Waals surface area contributed by atoms with Gasteiger partial charge in [-0.3, -0.25) is 4.57 Å². The van der Waals surface area contributed by atoms with Crippen molar-refractivity contribution in [3.8, 4) is 0 Å². The van der Waals surface area contributed by atoms with E-state index < -0.39 is 54.1 Å². The molecule has 0 aromatic carbocycles. The van der Waals surface area contributed by atoms with Gasteiger partial charge in [-0.05, 0) is 0 Å². The maximum Gasteiger partial charge on any atom is 0.488 e. The molecule has 0 saturated carbocycles. The van der Waals surface area contributed by atoms with E-state index in [1.807, 2.05) is 0 Å². The molecule has 13 nitrogen and oxygen atoms in total. The summed E-state index contributed by atoms with van der Waals surface area (Å²) >= 11 is 0. The van der Waals surface area contributed by atoms with E-state index in [0.717, 1.165) is 0 Å². The highest BCUT2D eigenvalue weighted by atomic mass is 31.3. The molecule has 3 unspecified atom stereocenters. The van der Waals surface area contributed by atoms with Crippen LogP contribution in [0.1, 0.15) is 0 Å². The molecule has 1 saturated heterocycles. The van der Waals surface area contributed by atoms with Crippen LogP contribution >= 0.6 is 23.2 Å². The first kappa shape index (κ1) is 20.4. The molecule has 1 fully saturated rings. The van der Waals surface area contributed by atoms with E-state index in [0.29, 0.717) is 0 Å². The number of aliphatic hydroxyl groups excluding tert-OH is 2. The Bertz CT molecular complexity index is 532. The third-order valence-electron chi connectivity index (χ3n) is 2.10. The zero-order valence-corrected chi connectivity index (χ0v) is 13.2. The number of ether oxygens (including phenoxy) is 2. The van der Waals surface area contributed by atoms with E-state index in [1.165, 1.54) is 0 Å². The highest BCUT2D eigenvalue weighted by Gasteiger charge is 2.44. The molecule has 1 heterocycles. The van der Waals surface area contributed by atoms with E-state index >= 15 is 0 Å². The monoisotopic (exact) mass is 384 g/mol. The molecule has 1 aliphatic heterocycles. The van der Waals surface area contributed by atoms with Crippen LogP contribution in [0.5, 0.6) is 0 Å². The summed E-state index contributed by atoms with van der Waals surface area (Å²) in [4.78, 5) is 34.8. The molecule has 22 heavy (non-hydrogen) atoms. The fourth-order valence-corrected chi connectivity index (χ4v) is 4.59. The van der Waals surface area contributed by atoms with Gasteiger partial charge >= 0.3 is 23.2 Å². The molecule has 6 atom stereocenters. The summed E-state index contributed by atoms with van der Waals surface area (Å²) in [5.41, 5.74) is 0. The van der Waals surface area contributed by atoms with Crippen LogP contribution < -0.4 is 0 Å². The van der Waals surface area contributed by atoms with Crippen LogP contribution in [-0.4, -0.2) is 68.5 Å². The average Bonchev–Trinajstić information content (AvgIpc) is 2.49. The molecule has 2 radical (unpaired) electrons. The normalized spacial score (nSPS) is 35.0. The Morgan fingerprint density at radius 3 is 1.95 bits per heavy atom. The lowest BCUT2D eigenvalue weighted by atomic mass is 9.94. The number of hydrogen-bond acceptors (Lipinski definition) is 9. The first-order valence-electron chi connectivity index (χ1n) is 5.24. The summed E-state index contributed by atoms with van der Waals surface area (Å²) in [6, 6.07) is -1.33. The second-order valence-electron chi connectivity index (χ2n) is 4.01. The fraction of sp³-hybridized carbons (Fsp3) is 1.00. The van der Waals surface area contributed by atoms with Crippen LogP contribution in [0, 0.1) is 0 Å². The molecule has 0 amide bonds. The smallest absolute Gasteiger partial charge is 0.388 e. The molecule has 0 aromatic rings. The maximum absolute atomic E-state index is 11.5. The Kier molecular flexibility index (Phi) is 6.56. The Labute approximate surface area is 124 Å². The predicted molar refractivity (Wildman–Crippen MR) is 66.2 cm³/mol. The van der Waals surface area contributed by atoms with Crippen LogP contribution in [0.4, 0.5) is 0 Å². The minimum atomic E-state index is -5.57. The molecular weight excluding hydrogens is 372 g/mol. The fourth-order valence-electron chi connectivity index (χ4n) is 1.31. The van der Waals surface area contributed by atoms with Crippen LogP contribution in [0.2, 0.25) is 0 Å². The van der Waals surface area contributed by atoms with Gasteiger partial charge in [0.15, 0.2) is 12.6 Å². The van der Waals surface area contributed by atoms with Crippen molar-refractivity contribution in [2.75, 3.05) is 6.35 Å². The van der Waals surface area contributed by atoms with Crippen molar-refractivity contribution in [1.82, 2.24) is 0 Å². The van der Waals surface area contributed by atoms with Gasteiger partial charge in [0.2, 0.25) is 0 Å². The average molecular weight is 384 g/mol. The molecule has 17 heteroatoms. The van der Waals surface area contributed by atoms with E-state index in [-0.39, 0.29) is 0 Å². The number of rotatable bonds is 7. The quantitative estimate of drug-likeness (QED) is 0.206. The molecule has 0 bridgehead atoms. The minimum absolute atomic E-state index is 1.33. The topological polar surface area (TPSA) is 210 Å². The Morgan fingerprint density at radius 2 is 1.55 bits per heavy atom. The van der Waals surface area contributed by atoms with Gasteiger partial charge in [-0.1, -0.05) is 0 Å². The van der Waals surface area contributed by atoms with Crippen LogP contribution in [0.25, 0.3) is 0 Å². The molecular formula is C5H12BO13P3. The third-order valence-corrected chi connectivity index (χ3v) is 6.10. The van der Waals surface area contributed by atoms with Gasteiger partial charge in [0.05, 0.1) is 0 Å². The molecule has 1 aliphatic rings. The largest absolute Gasteiger partial charge is 0.488 e. The van der Waals surface area contributed by atoms with E-state index in [1.54, 1.807) is 0 Å². The Morgan fingerprint density at radius 1 is 1.00 bits per heavy atom. The van der Waals surface area contributed by atoms with Crippen molar-refractivity contribution >= 4 is 31.1 Å². The van der Waals surface area contributed by atoms with Crippen LogP contribution in [-0.2, 0) is 31.8 Å². The molecule has 0 spiro atoms. The van der Waals surface area contributed by atoms with Crippen LogP contribution in [0.3, 0.4) is 0 Å². The van der Waals surface area contributed by atoms with Crippen LogP contribution in [0.15, 0.2) is 0 Å². The van der Waals surface area contributed by atoms with Gasteiger partial charge in [-0.15, -0.1) is 0 Å². The third kappa shape index (κ3) is 6.46. The van der Waals surface area contributed by atoms with Crippen molar-refractivity contribution in [3.05, 3.63) is 0 Å². The predicted octanol–water partition coefficient (Wildman–Crippen LogP) is -2.06. The second kappa shape index (κ2) is 7.08. The highest BCUT2D eigenvalue weighted by Crippen LogP contribution is 2.65. The first-order chi connectivity index (χ1) is 9.72. The van der Waals surface area contributed by atoms with E-state index in [9.17, 15) is 28.8 Å². The summed E-state index contributed by atoms with van der Waals surface area (Å²) in [5, 5.41) is 18.6. The number of phosphoric acid groups is 2. The van der Waals surface area contributed by atoms with Crippen molar-refractivity contribution in [2.45, 2.75) is 24.5 Å². The molecule has 128 valence electrons. The molecule has 0 aromatic heterocycles. The lowest BCUT2D eigenvalue weighted by Crippen LogP contribution is -2.33. The van der Waals surface area contributed by atoms with Gasteiger partial charge in [-0.25, -0.2) is 13.4 Å². The summed E-state index contributed by atoms with van der Waals surface area (Å²) in [5.74, 6) is 0. The van der Waals surface area contributed by atoms with Gasteiger partial charge in [0.25, 0.3) is 0 Å². The Hall–Kier alpha value is 0.355. The molecule has 1 rings (SSSR count). The summed E-state index contributed by atoms with van der Waals surface area (Å²) < 4.78 is 49.2. The maximum atomic E-state index is 11.5. The standard InChI is InChI=1S/C5H12BO13P3/c6-4-2(7)3(8)5(17-4)16-1-20(9,10)18-22(14,15)19-21(11,12)13/h2-5,7-8H,1H2,(H,9,10)(H,14,15)(H2,11,12,13)/t2-,3?,4+,5-/m0/s1. The zero-order valence-electron chi connectivity index (χ0n) is 10.5. The highest BCUT2D eigenvalue weighted by molar-refractivity contribution is 7.68. The molecule has 0 aliphatic carbocycles.